The normalized spacial score (nSPS) is 11.6. The van der Waals surface area contributed by atoms with Gasteiger partial charge in [-0.05, 0) is 12.1 Å². The molecule has 0 atom stereocenters. The van der Waals surface area contributed by atoms with Crippen molar-refractivity contribution in [3.05, 3.63) is 30.5 Å². The highest BCUT2D eigenvalue weighted by molar-refractivity contribution is 7.90. The second-order valence-corrected chi connectivity index (χ2v) is 6.42. The topological polar surface area (TPSA) is 85.1 Å². The van der Waals surface area contributed by atoms with Crippen LogP contribution in [0.3, 0.4) is 0 Å². The van der Waals surface area contributed by atoms with E-state index >= 15 is 0 Å². The number of nitrogens with one attached hydrogen (secondary N) is 1. The molecule has 6 heteroatoms. The van der Waals surface area contributed by atoms with Crippen molar-refractivity contribution in [3.63, 3.8) is 0 Å². The Kier molecular flexibility index (Phi) is 3.38. The quantitative estimate of drug-likeness (QED) is 0.813. The molecule has 0 saturated heterocycles. The third-order valence-corrected chi connectivity index (χ3v) is 3.54. The van der Waals surface area contributed by atoms with Crippen LogP contribution in [0, 0.1) is 0 Å². The Balaban J connectivity index is 2.26. The second kappa shape index (κ2) is 4.81. The first-order chi connectivity index (χ1) is 8.47. The predicted molar refractivity (Wildman–Crippen MR) is 74.4 cm³/mol. The number of hydrogen-bond donors (Lipinski definition) is 2. The molecule has 0 radical (unpaired) electrons. The van der Waals surface area contributed by atoms with Gasteiger partial charge in [0.25, 0.3) is 0 Å². The molecule has 0 spiro atoms. The van der Waals surface area contributed by atoms with E-state index in [9.17, 15) is 8.42 Å². The molecule has 0 saturated carbocycles. The van der Waals surface area contributed by atoms with Crippen molar-refractivity contribution >= 4 is 32.1 Å². The van der Waals surface area contributed by atoms with Crippen LogP contribution < -0.4 is 11.1 Å². The summed E-state index contributed by atoms with van der Waals surface area (Å²) in [4.78, 5) is 4.21. The van der Waals surface area contributed by atoms with Crippen LogP contribution in [-0.4, -0.2) is 32.0 Å². The maximum absolute atomic E-state index is 11.1. The average Bonchev–Trinajstić information content (AvgIpc) is 2.29. The van der Waals surface area contributed by atoms with Gasteiger partial charge in [0.1, 0.15) is 9.84 Å². The molecule has 2 rings (SSSR count). The molecule has 96 valence electrons. The molecule has 0 bridgehead atoms. The zero-order valence-electron chi connectivity index (χ0n) is 10.1. The molecule has 2 aromatic rings. The van der Waals surface area contributed by atoms with Crippen LogP contribution in [0.1, 0.15) is 0 Å². The standard InChI is InChI=1S/C12H15N3O2S/c1-18(16,17)8-7-14-11-5-6-15-12-9(11)3-2-4-10(12)13/h2-6H,7-8,13H2,1H3,(H,14,15). The lowest BCUT2D eigenvalue weighted by atomic mass is 10.1. The number of anilines is 2. The molecule has 0 aliphatic heterocycles. The monoisotopic (exact) mass is 265 g/mol. The smallest absolute Gasteiger partial charge is 0.149 e. The van der Waals surface area contributed by atoms with Gasteiger partial charge in [-0.2, -0.15) is 0 Å². The van der Waals surface area contributed by atoms with Gasteiger partial charge in [0.15, 0.2) is 0 Å². The zero-order valence-corrected chi connectivity index (χ0v) is 10.9. The van der Waals surface area contributed by atoms with E-state index in [2.05, 4.69) is 10.3 Å². The Morgan fingerprint density at radius 3 is 2.83 bits per heavy atom. The fourth-order valence-corrected chi connectivity index (χ4v) is 2.20. The van der Waals surface area contributed by atoms with Crippen LogP contribution in [0.4, 0.5) is 11.4 Å². The Morgan fingerprint density at radius 1 is 1.33 bits per heavy atom. The van der Waals surface area contributed by atoms with Gasteiger partial charge in [0, 0.05) is 30.1 Å². The maximum atomic E-state index is 11.1. The minimum atomic E-state index is -2.96. The van der Waals surface area contributed by atoms with Crippen LogP contribution in [0.2, 0.25) is 0 Å². The molecule has 0 aliphatic rings. The first-order valence-electron chi connectivity index (χ1n) is 5.52. The summed E-state index contributed by atoms with van der Waals surface area (Å²) in [6, 6.07) is 7.35. The summed E-state index contributed by atoms with van der Waals surface area (Å²) < 4.78 is 22.1. The lowest BCUT2D eigenvalue weighted by Gasteiger charge is -2.09. The first kappa shape index (κ1) is 12.6. The van der Waals surface area contributed by atoms with Gasteiger partial charge in [0.2, 0.25) is 0 Å². The van der Waals surface area contributed by atoms with Crippen molar-refractivity contribution in [2.75, 3.05) is 29.6 Å². The molecule has 1 heterocycles. The third-order valence-electron chi connectivity index (χ3n) is 2.59. The van der Waals surface area contributed by atoms with Crippen molar-refractivity contribution < 1.29 is 8.42 Å². The molecule has 18 heavy (non-hydrogen) atoms. The van der Waals surface area contributed by atoms with E-state index in [0.29, 0.717) is 12.2 Å². The molecule has 1 aromatic carbocycles. The van der Waals surface area contributed by atoms with E-state index in [4.69, 9.17) is 5.73 Å². The van der Waals surface area contributed by atoms with E-state index in [0.717, 1.165) is 16.6 Å². The lowest BCUT2D eigenvalue weighted by Crippen LogP contribution is -2.14. The summed E-state index contributed by atoms with van der Waals surface area (Å²) in [5.41, 5.74) is 8.01. The Hall–Kier alpha value is -1.82. The van der Waals surface area contributed by atoms with Gasteiger partial charge in [0.05, 0.1) is 17.0 Å². The SMILES string of the molecule is CS(=O)(=O)CCNc1ccnc2c(N)cccc12. The van der Waals surface area contributed by atoms with Crippen LogP contribution in [0.15, 0.2) is 30.5 Å². The molecule has 1 aromatic heterocycles. The summed E-state index contributed by atoms with van der Waals surface area (Å²) in [6.07, 6.45) is 2.87. The van der Waals surface area contributed by atoms with E-state index in [1.165, 1.54) is 6.26 Å². The molecular formula is C12H15N3O2S. The lowest BCUT2D eigenvalue weighted by molar-refractivity contribution is 0.602. The fraction of sp³-hybridized carbons (Fsp3) is 0.250. The number of pyridine rings is 1. The van der Waals surface area contributed by atoms with Gasteiger partial charge in [-0.25, -0.2) is 8.42 Å². The number of benzene rings is 1. The van der Waals surface area contributed by atoms with Crippen molar-refractivity contribution in [1.82, 2.24) is 4.98 Å². The molecule has 0 aliphatic carbocycles. The van der Waals surface area contributed by atoms with E-state index < -0.39 is 9.84 Å². The molecule has 0 unspecified atom stereocenters. The number of fused-ring (bicyclic) bond motifs is 1. The number of sulfone groups is 1. The van der Waals surface area contributed by atoms with Gasteiger partial charge < -0.3 is 11.1 Å². The second-order valence-electron chi connectivity index (χ2n) is 4.16. The third kappa shape index (κ3) is 2.89. The van der Waals surface area contributed by atoms with Gasteiger partial charge >= 0.3 is 0 Å². The van der Waals surface area contributed by atoms with E-state index in [-0.39, 0.29) is 5.75 Å². The molecule has 0 fully saturated rings. The largest absolute Gasteiger partial charge is 0.397 e. The van der Waals surface area contributed by atoms with Gasteiger partial charge in [-0.15, -0.1) is 0 Å². The molecule has 3 N–H and O–H groups in total. The number of hydrogen-bond acceptors (Lipinski definition) is 5. The maximum Gasteiger partial charge on any atom is 0.149 e. The van der Waals surface area contributed by atoms with Gasteiger partial charge in [-0.1, -0.05) is 12.1 Å². The van der Waals surface area contributed by atoms with Crippen molar-refractivity contribution in [3.8, 4) is 0 Å². The van der Waals surface area contributed by atoms with Crippen molar-refractivity contribution in [1.29, 1.82) is 0 Å². The average molecular weight is 265 g/mol. The van der Waals surface area contributed by atoms with Crippen LogP contribution in [-0.2, 0) is 9.84 Å². The van der Waals surface area contributed by atoms with Crippen molar-refractivity contribution in [2.45, 2.75) is 0 Å². The molecular weight excluding hydrogens is 250 g/mol. The highest BCUT2D eigenvalue weighted by atomic mass is 32.2. The fourth-order valence-electron chi connectivity index (χ4n) is 1.72. The summed E-state index contributed by atoms with van der Waals surface area (Å²) >= 11 is 0. The van der Waals surface area contributed by atoms with Gasteiger partial charge in [-0.3, -0.25) is 4.98 Å². The number of nitrogens with two attached hydrogens (primary N) is 1. The van der Waals surface area contributed by atoms with Crippen LogP contribution in [0.25, 0.3) is 10.9 Å². The highest BCUT2D eigenvalue weighted by Crippen LogP contribution is 2.25. The van der Waals surface area contributed by atoms with Crippen LogP contribution >= 0.6 is 0 Å². The highest BCUT2D eigenvalue weighted by Gasteiger charge is 2.05. The Morgan fingerprint density at radius 2 is 2.11 bits per heavy atom. The number of aromatic nitrogens is 1. The summed E-state index contributed by atoms with van der Waals surface area (Å²) in [6.45, 7) is 0.368. The Labute approximate surface area is 106 Å². The zero-order chi connectivity index (χ0) is 13.2. The number of rotatable bonds is 4. The molecule has 5 nitrogen and oxygen atoms in total. The minimum Gasteiger partial charge on any atom is -0.397 e. The summed E-state index contributed by atoms with van der Waals surface area (Å²) in [5, 5.41) is 3.99. The summed E-state index contributed by atoms with van der Waals surface area (Å²) in [5.74, 6) is 0.0964. The molecule has 0 amide bonds. The van der Waals surface area contributed by atoms with E-state index in [1.54, 1.807) is 12.3 Å². The van der Waals surface area contributed by atoms with Crippen LogP contribution in [0.5, 0.6) is 0 Å². The summed E-state index contributed by atoms with van der Waals surface area (Å²) in [7, 11) is -2.96. The van der Waals surface area contributed by atoms with E-state index in [1.807, 2.05) is 18.2 Å². The van der Waals surface area contributed by atoms with Crippen molar-refractivity contribution in [2.24, 2.45) is 0 Å². The Bertz CT molecular complexity index is 668. The number of nitrogen functional groups attached to an aromatic ring is 1. The number of para-hydroxylation sites is 1. The predicted octanol–water partition coefficient (Wildman–Crippen LogP) is 1.27. The first-order valence-corrected chi connectivity index (χ1v) is 7.58. The minimum absolute atomic E-state index is 0.0964. The number of nitrogens with zero attached hydrogens (tertiary/aromatic N) is 1.